The molecule has 2 fully saturated rings. The van der Waals surface area contributed by atoms with E-state index in [-0.39, 0.29) is 24.4 Å². The van der Waals surface area contributed by atoms with E-state index in [1.807, 2.05) is 17.0 Å². The van der Waals surface area contributed by atoms with Gasteiger partial charge >= 0.3 is 0 Å². The Bertz CT molecular complexity index is 573. The maximum absolute atomic E-state index is 12.7. The van der Waals surface area contributed by atoms with Crippen molar-refractivity contribution < 1.29 is 9.59 Å². The van der Waals surface area contributed by atoms with Gasteiger partial charge in [0.25, 0.3) is 0 Å². The molecule has 5 nitrogen and oxygen atoms in total. The summed E-state index contributed by atoms with van der Waals surface area (Å²) in [4.78, 5) is 28.1. The van der Waals surface area contributed by atoms with Crippen molar-refractivity contribution in [2.75, 3.05) is 32.7 Å². The molecule has 0 aromatic heterocycles. The second-order valence-electron chi connectivity index (χ2n) is 6.09. The molecule has 0 radical (unpaired) electrons. The minimum atomic E-state index is 0.0197. The Labute approximate surface area is 131 Å². The number of amides is 2. The Morgan fingerprint density at radius 2 is 2.14 bits per heavy atom. The van der Waals surface area contributed by atoms with Crippen LogP contribution in [0.1, 0.15) is 30.0 Å². The summed E-state index contributed by atoms with van der Waals surface area (Å²) < 4.78 is 0. The Morgan fingerprint density at radius 3 is 2.91 bits per heavy atom. The maximum Gasteiger partial charge on any atom is 0.242 e. The Morgan fingerprint density at radius 1 is 1.32 bits per heavy atom. The summed E-state index contributed by atoms with van der Waals surface area (Å²) in [6, 6.07) is 8.42. The number of carbonyl (C=O) groups is 2. The van der Waals surface area contributed by atoms with Gasteiger partial charge in [0, 0.05) is 19.6 Å². The van der Waals surface area contributed by atoms with Gasteiger partial charge in [-0.15, -0.1) is 0 Å². The number of piperazine rings is 1. The van der Waals surface area contributed by atoms with Gasteiger partial charge in [0.15, 0.2) is 0 Å². The standard InChI is InChI=1S/C17H23N3O2/c1-13-5-2-3-6-14(13)15-7-4-9-20(15)17(22)12-19-10-8-18-11-16(19)21/h2-3,5-6,15,18H,4,7-12H2,1H3/t15-/m0/s1. The number of hydrogen-bond donors (Lipinski definition) is 1. The van der Waals surface area contributed by atoms with Crippen LogP contribution in [-0.4, -0.2) is 54.3 Å². The fraction of sp³-hybridized carbons (Fsp3) is 0.529. The summed E-state index contributed by atoms with van der Waals surface area (Å²) in [6.07, 6.45) is 2.03. The second kappa shape index (κ2) is 6.48. The van der Waals surface area contributed by atoms with E-state index in [2.05, 4.69) is 24.4 Å². The summed E-state index contributed by atoms with van der Waals surface area (Å²) in [6.45, 7) is 4.82. The van der Waals surface area contributed by atoms with E-state index in [1.54, 1.807) is 4.90 Å². The van der Waals surface area contributed by atoms with Crippen molar-refractivity contribution >= 4 is 11.8 Å². The predicted molar refractivity (Wildman–Crippen MR) is 84.3 cm³/mol. The van der Waals surface area contributed by atoms with Gasteiger partial charge in [0.05, 0.1) is 19.1 Å². The number of benzene rings is 1. The quantitative estimate of drug-likeness (QED) is 0.909. The average molecular weight is 301 g/mol. The number of rotatable bonds is 3. The zero-order valence-electron chi connectivity index (χ0n) is 13.0. The van der Waals surface area contributed by atoms with Crippen LogP contribution in [0.15, 0.2) is 24.3 Å². The molecule has 2 aliphatic rings. The lowest BCUT2D eigenvalue weighted by atomic mass is 9.99. The number of carbonyl (C=O) groups excluding carboxylic acids is 2. The maximum atomic E-state index is 12.7. The van der Waals surface area contributed by atoms with Crippen molar-refractivity contribution in [3.05, 3.63) is 35.4 Å². The summed E-state index contributed by atoms with van der Waals surface area (Å²) in [7, 11) is 0. The molecule has 0 aliphatic carbocycles. The predicted octanol–water partition coefficient (Wildman–Crippen LogP) is 1.09. The highest BCUT2D eigenvalue weighted by Crippen LogP contribution is 2.33. The highest BCUT2D eigenvalue weighted by atomic mass is 16.2. The topological polar surface area (TPSA) is 52.7 Å². The molecular weight excluding hydrogens is 278 g/mol. The second-order valence-corrected chi connectivity index (χ2v) is 6.09. The van der Waals surface area contributed by atoms with Crippen molar-refractivity contribution in [3.8, 4) is 0 Å². The fourth-order valence-electron chi connectivity index (χ4n) is 3.42. The van der Waals surface area contributed by atoms with Crippen LogP contribution in [0.25, 0.3) is 0 Å². The van der Waals surface area contributed by atoms with Gasteiger partial charge in [-0.3, -0.25) is 9.59 Å². The zero-order valence-corrected chi connectivity index (χ0v) is 13.0. The van der Waals surface area contributed by atoms with E-state index in [0.29, 0.717) is 13.1 Å². The van der Waals surface area contributed by atoms with Gasteiger partial charge in [-0.1, -0.05) is 24.3 Å². The van der Waals surface area contributed by atoms with E-state index in [0.717, 1.165) is 25.9 Å². The van der Waals surface area contributed by atoms with E-state index < -0.39 is 0 Å². The molecule has 3 rings (SSSR count). The van der Waals surface area contributed by atoms with Crippen LogP contribution < -0.4 is 5.32 Å². The van der Waals surface area contributed by atoms with Crippen LogP contribution in [0, 0.1) is 6.92 Å². The monoisotopic (exact) mass is 301 g/mol. The van der Waals surface area contributed by atoms with Gasteiger partial charge in [-0.05, 0) is 30.9 Å². The number of likely N-dealkylation sites (tertiary alicyclic amines) is 1. The molecule has 5 heteroatoms. The van der Waals surface area contributed by atoms with Gasteiger partial charge in [-0.2, -0.15) is 0 Å². The molecule has 0 bridgehead atoms. The molecule has 0 spiro atoms. The molecule has 2 heterocycles. The zero-order chi connectivity index (χ0) is 15.5. The van der Waals surface area contributed by atoms with Gasteiger partial charge in [0.1, 0.15) is 0 Å². The van der Waals surface area contributed by atoms with E-state index in [1.165, 1.54) is 11.1 Å². The number of nitrogens with one attached hydrogen (secondary N) is 1. The summed E-state index contributed by atoms with van der Waals surface area (Å²) in [5.41, 5.74) is 2.46. The van der Waals surface area contributed by atoms with Gasteiger partial charge in [-0.25, -0.2) is 0 Å². The van der Waals surface area contributed by atoms with E-state index in [9.17, 15) is 9.59 Å². The highest BCUT2D eigenvalue weighted by Gasteiger charge is 2.32. The van der Waals surface area contributed by atoms with Crippen LogP contribution in [0.5, 0.6) is 0 Å². The molecular formula is C17H23N3O2. The summed E-state index contributed by atoms with van der Waals surface area (Å²) in [5.74, 6) is 0.0900. The van der Waals surface area contributed by atoms with Crippen LogP contribution in [0.3, 0.4) is 0 Å². The molecule has 22 heavy (non-hydrogen) atoms. The average Bonchev–Trinajstić information content (AvgIpc) is 2.99. The first-order valence-electron chi connectivity index (χ1n) is 8.00. The van der Waals surface area contributed by atoms with Crippen LogP contribution in [-0.2, 0) is 9.59 Å². The smallest absolute Gasteiger partial charge is 0.242 e. The molecule has 2 saturated heterocycles. The normalized spacial score (nSPS) is 22.2. The minimum Gasteiger partial charge on any atom is -0.334 e. The van der Waals surface area contributed by atoms with Crippen LogP contribution in [0.4, 0.5) is 0 Å². The largest absolute Gasteiger partial charge is 0.334 e. The number of hydrogen-bond acceptors (Lipinski definition) is 3. The first-order valence-corrected chi connectivity index (χ1v) is 8.00. The number of aryl methyl sites for hydroxylation is 1. The highest BCUT2D eigenvalue weighted by molar-refractivity contribution is 5.86. The Balaban J connectivity index is 1.71. The molecule has 118 valence electrons. The minimum absolute atomic E-state index is 0.0197. The first-order chi connectivity index (χ1) is 10.7. The SMILES string of the molecule is Cc1ccccc1[C@@H]1CCCN1C(=O)CN1CCNCC1=O. The Hall–Kier alpha value is -1.88. The summed E-state index contributed by atoms with van der Waals surface area (Å²) in [5, 5.41) is 3.03. The molecule has 1 aromatic rings. The van der Waals surface area contributed by atoms with Crippen LogP contribution in [0.2, 0.25) is 0 Å². The molecule has 2 amide bonds. The van der Waals surface area contributed by atoms with Gasteiger partial charge in [0.2, 0.25) is 11.8 Å². The fourth-order valence-corrected chi connectivity index (χ4v) is 3.42. The third-order valence-corrected chi connectivity index (χ3v) is 4.63. The lowest BCUT2D eigenvalue weighted by Gasteiger charge is -2.31. The molecule has 0 saturated carbocycles. The van der Waals surface area contributed by atoms with Crippen LogP contribution >= 0.6 is 0 Å². The molecule has 2 aliphatic heterocycles. The molecule has 1 N–H and O–H groups in total. The first kappa shape index (κ1) is 15.0. The summed E-state index contributed by atoms with van der Waals surface area (Å²) >= 11 is 0. The van der Waals surface area contributed by atoms with Crippen molar-refractivity contribution in [2.24, 2.45) is 0 Å². The van der Waals surface area contributed by atoms with E-state index >= 15 is 0 Å². The third-order valence-electron chi connectivity index (χ3n) is 4.63. The molecule has 0 unspecified atom stereocenters. The third kappa shape index (κ3) is 2.99. The van der Waals surface area contributed by atoms with Crippen molar-refractivity contribution in [1.82, 2.24) is 15.1 Å². The molecule has 1 aromatic carbocycles. The number of nitrogens with zero attached hydrogens (tertiary/aromatic N) is 2. The lowest BCUT2D eigenvalue weighted by molar-refractivity contribution is -0.141. The van der Waals surface area contributed by atoms with E-state index in [4.69, 9.17) is 0 Å². The lowest BCUT2D eigenvalue weighted by Crippen LogP contribution is -2.51. The van der Waals surface area contributed by atoms with Crippen molar-refractivity contribution in [1.29, 1.82) is 0 Å². The van der Waals surface area contributed by atoms with Crippen molar-refractivity contribution in [3.63, 3.8) is 0 Å². The molecule has 1 atom stereocenters. The van der Waals surface area contributed by atoms with Gasteiger partial charge < -0.3 is 15.1 Å². The Kier molecular flexibility index (Phi) is 4.43. The van der Waals surface area contributed by atoms with Crippen molar-refractivity contribution in [2.45, 2.75) is 25.8 Å².